The van der Waals surface area contributed by atoms with Gasteiger partial charge in [-0.25, -0.2) is 0 Å². The lowest BCUT2D eigenvalue weighted by atomic mass is 10.0. The van der Waals surface area contributed by atoms with Gasteiger partial charge in [-0.3, -0.25) is 0 Å². The van der Waals surface area contributed by atoms with Crippen molar-refractivity contribution >= 4 is 0 Å². The van der Waals surface area contributed by atoms with Crippen LogP contribution >= 0.6 is 0 Å². The first-order valence-electron chi connectivity index (χ1n) is 6.34. The van der Waals surface area contributed by atoms with Crippen LogP contribution in [-0.2, 0) is 4.74 Å². The molecule has 1 unspecified atom stereocenters. The summed E-state index contributed by atoms with van der Waals surface area (Å²) in [5, 5.41) is 3.55. The standard InChI is InChI=1S/C13H27NO/c1-5-11(8-14-13(2,3)4)9-15-10-12-6-7-12/h11-12,14H,5-10H2,1-4H3. The lowest BCUT2D eigenvalue weighted by Gasteiger charge is -2.24. The summed E-state index contributed by atoms with van der Waals surface area (Å²) >= 11 is 0. The fraction of sp³-hybridized carbons (Fsp3) is 1.00. The Bertz CT molecular complexity index is 170. The summed E-state index contributed by atoms with van der Waals surface area (Å²) in [7, 11) is 0. The average molecular weight is 213 g/mol. The number of ether oxygens (including phenoxy) is 1. The molecule has 0 amide bonds. The molecule has 0 heterocycles. The van der Waals surface area contributed by atoms with Gasteiger partial charge in [0.2, 0.25) is 0 Å². The van der Waals surface area contributed by atoms with Crippen LogP contribution in [0.5, 0.6) is 0 Å². The summed E-state index contributed by atoms with van der Waals surface area (Å²) in [6.45, 7) is 11.9. The van der Waals surface area contributed by atoms with Crippen molar-refractivity contribution in [3.63, 3.8) is 0 Å². The van der Waals surface area contributed by atoms with Gasteiger partial charge >= 0.3 is 0 Å². The smallest absolute Gasteiger partial charge is 0.0506 e. The molecule has 15 heavy (non-hydrogen) atoms. The summed E-state index contributed by atoms with van der Waals surface area (Å²) in [5.74, 6) is 1.56. The van der Waals surface area contributed by atoms with E-state index in [0.717, 1.165) is 25.7 Å². The van der Waals surface area contributed by atoms with Crippen molar-refractivity contribution in [2.75, 3.05) is 19.8 Å². The highest BCUT2D eigenvalue weighted by Gasteiger charge is 2.21. The fourth-order valence-electron chi connectivity index (χ4n) is 1.46. The van der Waals surface area contributed by atoms with Gasteiger partial charge in [-0.2, -0.15) is 0 Å². The molecular weight excluding hydrogens is 186 g/mol. The molecule has 0 aliphatic heterocycles. The number of hydrogen-bond donors (Lipinski definition) is 1. The Kier molecular flexibility index (Phi) is 5.07. The molecule has 1 aliphatic carbocycles. The number of nitrogens with one attached hydrogen (secondary N) is 1. The van der Waals surface area contributed by atoms with E-state index in [1.165, 1.54) is 19.3 Å². The van der Waals surface area contributed by atoms with Crippen molar-refractivity contribution in [3.8, 4) is 0 Å². The van der Waals surface area contributed by atoms with Gasteiger partial charge in [0.1, 0.15) is 0 Å². The molecule has 90 valence electrons. The first kappa shape index (κ1) is 13.0. The zero-order chi connectivity index (χ0) is 11.3. The molecular formula is C13H27NO. The molecule has 1 N–H and O–H groups in total. The molecule has 1 fully saturated rings. The lowest BCUT2D eigenvalue weighted by Crippen LogP contribution is -2.40. The Hall–Kier alpha value is -0.0800. The second kappa shape index (κ2) is 5.86. The maximum absolute atomic E-state index is 5.74. The van der Waals surface area contributed by atoms with Gasteiger partial charge in [-0.05, 0) is 51.9 Å². The third kappa shape index (κ3) is 6.91. The normalized spacial score (nSPS) is 19.2. The highest BCUT2D eigenvalue weighted by atomic mass is 16.5. The van der Waals surface area contributed by atoms with Crippen LogP contribution in [0.4, 0.5) is 0 Å². The molecule has 0 spiro atoms. The molecule has 1 aliphatic rings. The fourth-order valence-corrected chi connectivity index (χ4v) is 1.46. The predicted octanol–water partition coefficient (Wildman–Crippen LogP) is 2.83. The van der Waals surface area contributed by atoms with E-state index in [0.29, 0.717) is 5.92 Å². The quantitative estimate of drug-likeness (QED) is 0.702. The molecule has 1 rings (SSSR count). The summed E-state index contributed by atoms with van der Waals surface area (Å²) in [5.41, 5.74) is 0.226. The lowest BCUT2D eigenvalue weighted by molar-refractivity contribution is 0.0872. The Morgan fingerprint density at radius 1 is 1.33 bits per heavy atom. The molecule has 0 radical (unpaired) electrons. The molecule has 0 saturated heterocycles. The molecule has 0 aromatic rings. The van der Waals surface area contributed by atoms with Crippen molar-refractivity contribution in [1.29, 1.82) is 0 Å². The monoisotopic (exact) mass is 213 g/mol. The van der Waals surface area contributed by atoms with E-state index in [-0.39, 0.29) is 5.54 Å². The van der Waals surface area contributed by atoms with Crippen LogP contribution in [0.25, 0.3) is 0 Å². The first-order chi connectivity index (χ1) is 7.01. The van der Waals surface area contributed by atoms with E-state index in [9.17, 15) is 0 Å². The summed E-state index contributed by atoms with van der Waals surface area (Å²) in [6.07, 6.45) is 3.97. The third-order valence-corrected chi connectivity index (χ3v) is 2.90. The van der Waals surface area contributed by atoms with E-state index in [1.54, 1.807) is 0 Å². The van der Waals surface area contributed by atoms with Crippen LogP contribution < -0.4 is 5.32 Å². The number of hydrogen-bond acceptors (Lipinski definition) is 2. The van der Waals surface area contributed by atoms with Gasteiger partial charge in [-0.1, -0.05) is 6.92 Å². The Balaban J connectivity index is 2.05. The maximum Gasteiger partial charge on any atom is 0.0506 e. The first-order valence-corrected chi connectivity index (χ1v) is 6.34. The minimum Gasteiger partial charge on any atom is -0.381 e. The number of rotatable bonds is 7. The molecule has 2 nitrogen and oxygen atoms in total. The SMILES string of the molecule is CCC(CNC(C)(C)C)COCC1CC1. The van der Waals surface area contributed by atoms with E-state index in [4.69, 9.17) is 4.74 Å². The topological polar surface area (TPSA) is 21.3 Å². The van der Waals surface area contributed by atoms with Gasteiger partial charge < -0.3 is 10.1 Å². The zero-order valence-electron chi connectivity index (χ0n) is 10.8. The minimum absolute atomic E-state index is 0.226. The van der Waals surface area contributed by atoms with Crippen molar-refractivity contribution in [1.82, 2.24) is 5.32 Å². The van der Waals surface area contributed by atoms with Gasteiger partial charge in [0, 0.05) is 18.7 Å². The summed E-state index contributed by atoms with van der Waals surface area (Å²) < 4.78 is 5.74. The van der Waals surface area contributed by atoms with Crippen LogP contribution in [0.3, 0.4) is 0 Å². The molecule has 0 aromatic carbocycles. The third-order valence-electron chi connectivity index (χ3n) is 2.90. The molecule has 1 atom stereocenters. The highest BCUT2D eigenvalue weighted by Crippen LogP contribution is 2.28. The maximum atomic E-state index is 5.74. The Labute approximate surface area is 94.8 Å². The predicted molar refractivity (Wildman–Crippen MR) is 65.1 cm³/mol. The van der Waals surface area contributed by atoms with Crippen molar-refractivity contribution in [3.05, 3.63) is 0 Å². The van der Waals surface area contributed by atoms with E-state index in [2.05, 4.69) is 33.0 Å². The molecule has 2 heteroatoms. The highest BCUT2D eigenvalue weighted by molar-refractivity contribution is 4.74. The van der Waals surface area contributed by atoms with Crippen LogP contribution in [0.1, 0.15) is 47.0 Å². The van der Waals surface area contributed by atoms with Crippen molar-refractivity contribution in [2.24, 2.45) is 11.8 Å². The van der Waals surface area contributed by atoms with Crippen LogP contribution in [0, 0.1) is 11.8 Å². The summed E-state index contributed by atoms with van der Waals surface area (Å²) in [6, 6.07) is 0. The van der Waals surface area contributed by atoms with Gasteiger partial charge in [0.05, 0.1) is 6.61 Å². The largest absolute Gasteiger partial charge is 0.381 e. The van der Waals surface area contributed by atoms with Crippen LogP contribution in [0.15, 0.2) is 0 Å². The van der Waals surface area contributed by atoms with E-state index in [1.807, 2.05) is 0 Å². The molecule has 0 aromatic heterocycles. The summed E-state index contributed by atoms with van der Waals surface area (Å²) in [4.78, 5) is 0. The van der Waals surface area contributed by atoms with Crippen LogP contribution in [0.2, 0.25) is 0 Å². The second-order valence-corrected chi connectivity index (χ2v) is 5.89. The van der Waals surface area contributed by atoms with Gasteiger partial charge in [0.15, 0.2) is 0 Å². The zero-order valence-corrected chi connectivity index (χ0v) is 10.8. The molecule has 1 saturated carbocycles. The Morgan fingerprint density at radius 2 is 2.00 bits per heavy atom. The Morgan fingerprint density at radius 3 is 2.47 bits per heavy atom. The van der Waals surface area contributed by atoms with Crippen molar-refractivity contribution < 1.29 is 4.74 Å². The van der Waals surface area contributed by atoms with Gasteiger partial charge in [-0.15, -0.1) is 0 Å². The van der Waals surface area contributed by atoms with Crippen molar-refractivity contribution in [2.45, 2.75) is 52.5 Å². The molecule has 0 bridgehead atoms. The average Bonchev–Trinajstić information content (AvgIpc) is 2.93. The van der Waals surface area contributed by atoms with Crippen LogP contribution in [-0.4, -0.2) is 25.3 Å². The second-order valence-electron chi connectivity index (χ2n) is 5.89. The van der Waals surface area contributed by atoms with E-state index >= 15 is 0 Å². The van der Waals surface area contributed by atoms with Gasteiger partial charge in [0.25, 0.3) is 0 Å². The van der Waals surface area contributed by atoms with E-state index < -0.39 is 0 Å². The minimum atomic E-state index is 0.226.